The van der Waals surface area contributed by atoms with E-state index in [1.807, 2.05) is 0 Å². The molecule has 0 amide bonds. The second kappa shape index (κ2) is 27.0. The fourth-order valence-electron chi connectivity index (χ4n) is 18.6. The molecule has 6 heteroatoms. The van der Waals surface area contributed by atoms with Gasteiger partial charge in [0.25, 0.3) is 0 Å². The maximum Gasteiger partial charge on any atom is 0.145 e. The van der Waals surface area contributed by atoms with Crippen LogP contribution in [-0.2, 0) is 10.8 Å². The van der Waals surface area contributed by atoms with Crippen molar-refractivity contribution in [2.75, 3.05) is 0 Å². The molecule has 0 saturated carbocycles. The molecule has 6 nitrogen and oxygen atoms in total. The van der Waals surface area contributed by atoms with Crippen LogP contribution in [0.1, 0.15) is 44.5 Å². The lowest BCUT2D eigenvalue weighted by Gasteiger charge is -2.34. The number of hydrogen-bond acceptors (Lipinski definition) is 4. The van der Waals surface area contributed by atoms with Crippen molar-refractivity contribution in [3.05, 3.63) is 469 Å². The molecule has 0 saturated heterocycles. The normalized spacial score (nSPS) is 12.9. The van der Waals surface area contributed by atoms with Crippen LogP contribution >= 0.6 is 0 Å². The zero-order chi connectivity index (χ0) is 75.3. The number of aromatic nitrogens is 6. The molecule has 0 spiro atoms. The Labute approximate surface area is 661 Å². The molecular formula is C108H70N6. The highest BCUT2D eigenvalue weighted by atomic mass is 15.1. The molecule has 0 radical (unpaired) electrons. The highest BCUT2D eigenvalue weighted by molar-refractivity contribution is 6.00. The lowest BCUT2D eigenvalue weighted by Crippen LogP contribution is -2.28. The van der Waals surface area contributed by atoms with Crippen molar-refractivity contribution >= 4 is 33.1 Å². The van der Waals surface area contributed by atoms with Gasteiger partial charge in [-0.05, 0) is 184 Å². The number of nitrogens with zero attached hydrogens (tertiary/aromatic N) is 6. The molecule has 20 aromatic rings. The van der Waals surface area contributed by atoms with Gasteiger partial charge in [0.2, 0.25) is 0 Å². The molecule has 0 fully saturated rings. The van der Waals surface area contributed by atoms with Gasteiger partial charge in [-0.3, -0.25) is 9.13 Å². The first kappa shape index (κ1) is 66.0. The summed E-state index contributed by atoms with van der Waals surface area (Å²) in [5.41, 5.74) is 35.3. The second-order valence-corrected chi connectivity index (χ2v) is 29.9. The van der Waals surface area contributed by atoms with Crippen molar-refractivity contribution in [3.63, 3.8) is 0 Å². The van der Waals surface area contributed by atoms with Gasteiger partial charge in [-0.1, -0.05) is 352 Å². The summed E-state index contributed by atoms with van der Waals surface area (Å²) < 4.78 is 4.51. The predicted molar refractivity (Wildman–Crippen MR) is 467 cm³/mol. The number of hydrogen-bond donors (Lipinski definition) is 0. The van der Waals surface area contributed by atoms with E-state index < -0.39 is 10.8 Å². The molecule has 2 aliphatic carbocycles. The summed E-state index contributed by atoms with van der Waals surface area (Å²) in [4.78, 5) is 22.3. The van der Waals surface area contributed by atoms with E-state index in [0.29, 0.717) is 0 Å². The van der Waals surface area contributed by atoms with E-state index in [9.17, 15) is 0 Å². The predicted octanol–water partition coefficient (Wildman–Crippen LogP) is 26.4. The molecule has 22 rings (SSSR count). The molecule has 3 aromatic heterocycles. The van der Waals surface area contributed by atoms with Crippen LogP contribution in [0.3, 0.4) is 0 Å². The summed E-state index contributed by atoms with van der Waals surface area (Å²) in [6, 6.07) is 155. The fraction of sp³-hybridized carbons (Fsp3) is 0.0185. The SMILES string of the molecule is c1ccc(-n2c(-c3ccc(-c4ccc(-c5nc6cc(-c7ccc8c(c7)C(c7ccccc7)(c7ccccc7)c7ccccc7-8)c(-c7ccc8c(c7)C(c7ccccc7)(c7ccccc7)c7ccccc7-8)cc6nc5-c5ccc(-c6ccc(-c7nc8ccccc8n7-c7ccccc7)cc6)cc5)cc4)cc3)nc3ccccc32)cc1. The zero-order valence-corrected chi connectivity index (χ0v) is 62.1. The topological polar surface area (TPSA) is 61.4 Å². The number of fused-ring (bicyclic) bond motifs is 9. The van der Waals surface area contributed by atoms with Crippen molar-refractivity contribution in [1.82, 2.24) is 29.1 Å². The van der Waals surface area contributed by atoms with Gasteiger partial charge in [-0.25, -0.2) is 19.9 Å². The van der Waals surface area contributed by atoms with Crippen LogP contribution in [-0.4, -0.2) is 29.1 Å². The fourth-order valence-corrected chi connectivity index (χ4v) is 18.6. The maximum atomic E-state index is 5.94. The zero-order valence-electron chi connectivity index (χ0n) is 62.1. The monoisotopic (exact) mass is 1450 g/mol. The molecule has 0 N–H and O–H groups in total. The van der Waals surface area contributed by atoms with Gasteiger partial charge in [0, 0.05) is 33.6 Å². The van der Waals surface area contributed by atoms with E-state index in [-0.39, 0.29) is 0 Å². The Bertz CT molecular complexity index is 6570. The lowest BCUT2D eigenvalue weighted by atomic mass is 9.67. The summed E-state index contributed by atoms with van der Waals surface area (Å²) in [7, 11) is 0. The third-order valence-corrected chi connectivity index (χ3v) is 23.8. The molecule has 532 valence electrons. The first-order chi connectivity index (χ1) is 56.5. The van der Waals surface area contributed by atoms with E-state index in [4.69, 9.17) is 19.9 Å². The number of imidazole rings is 2. The van der Waals surface area contributed by atoms with Crippen molar-refractivity contribution in [1.29, 1.82) is 0 Å². The van der Waals surface area contributed by atoms with Crippen LogP contribution in [0.15, 0.2) is 425 Å². The molecule has 0 bridgehead atoms. The first-order valence-corrected chi connectivity index (χ1v) is 39.1. The summed E-state index contributed by atoms with van der Waals surface area (Å²) in [5, 5.41) is 0. The van der Waals surface area contributed by atoms with Gasteiger partial charge < -0.3 is 0 Å². The first-order valence-electron chi connectivity index (χ1n) is 39.1. The van der Waals surface area contributed by atoms with Crippen molar-refractivity contribution in [2.24, 2.45) is 0 Å². The van der Waals surface area contributed by atoms with Gasteiger partial charge in [-0.15, -0.1) is 0 Å². The van der Waals surface area contributed by atoms with Gasteiger partial charge in [0.1, 0.15) is 11.6 Å². The van der Waals surface area contributed by atoms with Gasteiger partial charge in [0.05, 0.1) is 55.3 Å². The Morgan fingerprint density at radius 1 is 0.175 bits per heavy atom. The molecule has 2 aliphatic rings. The summed E-state index contributed by atoms with van der Waals surface area (Å²) in [6.07, 6.45) is 0. The smallest absolute Gasteiger partial charge is 0.145 e. The van der Waals surface area contributed by atoms with Crippen LogP contribution in [0.5, 0.6) is 0 Å². The molecular weight excluding hydrogens is 1380 g/mol. The van der Waals surface area contributed by atoms with E-state index in [1.54, 1.807) is 0 Å². The molecule has 0 unspecified atom stereocenters. The average Bonchev–Trinajstić information content (AvgIpc) is 1.53. The minimum absolute atomic E-state index is 0.635. The number of rotatable bonds is 14. The third-order valence-electron chi connectivity index (χ3n) is 23.8. The van der Waals surface area contributed by atoms with Crippen molar-refractivity contribution in [3.8, 4) is 123 Å². The number of para-hydroxylation sites is 6. The summed E-state index contributed by atoms with van der Waals surface area (Å²) >= 11 is 0. The Morgan fingerprint density at radius 3 is 0.798 bits per heavy atom. The Morgan fingerprint density at radius 2 is 0.447 bits per heavy atom. The van der Waals surface area contributed by atoms with Crippen LogP contribution in [0.2, 0.25) is 0 Å². The molecule has 0 atom stereocenters. The highest BCUT2D eigenvalue weighted by Crippen LogP contribution is 2.60. The van der Waals surface area contributed by atoms with Crippen LogP contribution < -0.4 is 0 Å². The Balaban J connectivity index is 0.732. The number of benzene rings is 17. The molecule has 17 aromatic carbocycles. The Kier molecular flexibility index (Phi) is 15.6. The minimum atomic E-state index is -0.635. The minimum Gasteiger partial charge on any atom is -0.292 e. The largest absolute Gasteiger partial charge is 0.292 e. The average molecular weight is 1450 g/mol. The quantitative estimate of drug-likeness (QED) is 0.109. The molecule has 0 aliphatic heterocycles. The lowest BCUT2D eigenvalue weighted by molar-refractivity contribution is 0.768. The third kappa shape index (κ3) is 10.6. The van der Waals surface area contributed by atoms with Crippen LogP contribution in [0.25, 0.3) is 157 Å². The van der Waals surface area contributed by atoms with Gasteiger partial charge in [-0.2, -0.15) is 0 Å². The van der Waals surface area contributed by atoms with Gasteiger partial charge in [0.15, 0.2) is 0 Å². The van der Waals surface area contributed by atoms with Gasteiger partial charge >= 0.3 is 0 Å². The Hall–Kier alpha value is -15.0. The van der Waals surface area contributed by atoms with Crippen molar-refractivity contribution < 1.29 is 0 Å². The van der Waals surface area contributed by atoms with Crippen LogP contribution in [0, 0.1) is 0 Å². The standard InChI is InChI=1S/C108H70N6/c1-7-27-81(28-8-1)107(82-29-9-2-10-30-82)93-41-21-19-39-87(93)89-65-63-79(67-95(89)107)91-69-99-100(70-92(91)80-64-66-90-88-40-20-22-42-94(88)108(96(90)68-80,83-31-11-3-12-32-83)84-33-13-4-14-34-84)110-104(76-57-49-72(50-58-76)74-53-61-78(62-54-74)106-112-98-44-24-26-46-102(98)114(106)86-37-17-6-18-38-86)103(109-99)75-55-47-71(48-56-75)73-51-59-77(60-52-73)105-111-97-43-23-25-45-101(97)113(105)85-35-15-5-16-36-85/h1-70H. The van der Waals surface area contributed by atoms with E-state index in [0.717, 1.165) is 134 Å². The van der Waals surface area contributed by atoms with E-state index >= 15 is 0 Å². The summed E-state index contributed by atoms with van der Waals surface area (Å²) in [6.45, 7) is 0. The highest BCUT2D eigenvalue weighted by Gasteiger charge is 2.48. The van der Waals surface area contributed by atoms with Crippen LogP contribution in [0.4, 0.5) is 0 Å². The van der Waals surface area contributed by atoms with E-state index in [1.165, 1.54) is 66.8 Å². The molecule has 3 heterocycles. The second-order valence-electron chi connectivity index (χ2n) is 29.9. The van der Waals surface area contributed by atoms with Crippen molar-refractivity contribution in [2.45, 2.75) is 10.8 Å². The maximum absolute atomic E-state index is 5.94. The summed E-state index contributed by atoms with van der Waals surface area (Å²) in [5.74, 6) is 1.79. The van der Waals surface area contributed by atoms with E-state index in [2.05, 4.69) is 434 Å². The molecule has 114 heavy (non-hydrogen) atoms.